The van der Waals surface area contributed by atoms with Crippen molar-refractivity contribution in [2.24, 2.45) is 11.7 Å². The molecular weight excluding hydrogens is 482 g/mol. The highest BCUT2D eigenvalue weighted by molar-refractivity contribution is 8.04. The van der Waals surface area contributed by atoms with Crippen LogP contribution in [0, 0.1) is 12.8 Å². The number of amides is 3. The fourth-order valence-electron chi connectivity index (χ4n) is 4.84. The quantitative estimate of drug-likeness (QED) is 0.488. The molecule has 37 heavy (non-hydrogen) atoms. The zero-order chi connectivity index (χ0) is 25.9. The monoisotopic (exact) mass is 511 g/mol. The Labute approximate surface area is 221 Å². The first-order chi connectivity index (χ1) is 17.9. The first-order valence-electron chi connectivity index (χ1n) is 12.4. The third kappa shape index (κ3) is 5.47. The molecule has 6 nitrogen and oxygen atoms in total. The van der Waals surface area contributed by atoms with Crippen LogP contribution in [0.15, 0.2) is 82.6 Å². The van der Waals surface area contributed by atoms with Crippen LogP contribution in [0.3, 0.4) is 0 Å². The SMILES string of the molecule is Cc1cccc(CN2C(=O)C(=Cc3ccc(C(=O)N4CCC(C(N)=O)CC4)cc3)Sc3ccccc32)c1. The third-order valence-electron chi connectivity index (χ3n) is 6.90. The second-order valence-corrected chi connectivity index (χ2v) is 10.6. The Morgan fingerprint density at radius 2 is 1.73 bits per heavy atom. The van der Waals surface area contributed by atoms with Crippen LogP contribution >= 0.6 is 11.8 Å². The summed E-state index contributed by atoms with van der Waals surface area (Å²) in [6.07, 6.45) is 3.09. The van der Waals surface area contributed by atoms with Crippen molar-refractivity contribution in [3.63, 3.8) is 0 Å². The zero-order valence-corrected chi connectivity index (χ0v) is 21.5. The van der Waals surface area contributed by atoms with Crippen LogP contribution in [-0.4, -0.2) is 35.7 Å². The molecule has 0 spiro atoms. The van der Waals surface area contributed by atoms with Crippen molar-refractivity contribution in [1.82, 2.24) is 4.90 Å². The summed E-state index contributed by atoms with van der Waals surface area (Å²) >= 11 is 1.47. The van der Waals surface area contributed by atoms with Crippen molar-refractivity contribution < 1.29 is 14.4 Å². The van der Waals surface area contributed by atoms with Gasteiger partial charge in [-0.3, -0.25) is 14.4 Å². The fourth-order valence-corrected chi connectivity index (χ4v) is 5.89. The van der Waals surface area contributed by atoms with Gasteiger partial charge in [0.05, 0.1) is 17.1 Å². The van der Waals surface area contributed by atoms with Crippen molar-refractivity contribution in [3.05, 3.63) is 100.0 Å². The number of thioether (sulfide) groups is 1. The molecular formula is C30H29N3O3S. The highest BCUT2D eigenvalue weighted by Crippen LogP contribution is 2.42. The summed E-state index contributed by atoms with van der Waals surface area (Å²) in [6, 6.07) is 23.5. The highest BCUT2D eigenvalue weighted by Gasteiger charge is 2.29. The van der Waals surface area contributed by atoms with Gasteiger partial charge in [0.1, 0.15) is 0 Å². The average molecular weight is 512 g/mol. The number of carbonyl (C=O) groups is 3. The number of piperidine rings is 1. The third-order valence-corrected chi connectivity index (χ3v) is 7.97. The molecule has 0 radical (unpaired) electrons. The normalized spacial score (nSPS) is 17.1. The largest absolute Gasteiger partial charge is 0.369 e. The first kappa shape index (κ1) is 24.8. The zero-order valence-electron chi connectivity index (χ0n) is 20.7. The molecule has 2 N–H and O–H groups in total. The lowest BCUT2D eigenvalue weighted by Gasteiger charge is -2.31. The van der Waals surface area contributed by atoms with E-state index in [2.05, 4.69) is 6.07 Å². The fraction of sp³-hybridized carbons (Fsp3) is 0.233. The molecule has 1 saturated heterocycles. The van der Waals surface area contributed by atoms with Crippen LogP contribution < -0.4 is 10.6 Å². The summed E-state index contributed by atoms with van der Waals surface area (Å²) in [5.41, 5.74) is 10.0. The van der Waals surface area contributed by atoms with E-state index in [4.69, 9.17) is 5.73 Å². The van der Waals surface area contributed by atoms with Gasteiger partial charge in [-0.15, -0.1) is 0 Å². The van der Waals surface area contributed by atoms with Gasteiger partial charge in [0.25, 0.3) is 11.8 Å². The van der Waals surface area contributed by atoms with E-state index >= 15 is 0 Å². The molecule has 0 unspecified atom stereocenters. The van der Waals surface area contributed by atoms with Crippen LogP contribution in [0.2, 0.25) is 0 Å². The van der Waals surface area contributed by atoms with Crippen LogP contribution in [0.1, 0.15) is 39.9 Å². The Kier molecular flexibility index (Phi) is 7.15. The molecule has 7 heteroatoms. The standard InChI is InChI=1S/C30H29N3O3S/c1-20-5-4-6-22(17-20)19-33-25-7-2-3-8-26(25)37-27(30(33)36)18-21-9-11-24(12-10-21)29(35)32-15-13-23(14-16-32)28(31)34/h2-12,17-18,23H,13-16,19H2,1H3,(H2,31,34). The smallest absolute Gasteiger partial charge is 0.265 e. The number of carbonyl (C=O) groups excluding carboxylic acids is 3. The van der Waals surface area contributed by atoms with Gasteiger partial charge in [-0.2, -0.15) is 0 Å². The van der Waals surface area contributed by atoms with Gasteiger partial charge < -0.3 is 15.5 Å². The van der Waals surface area contributed by atoms with Crippen molar-refractivity contribution in [1.29, 1.82) is 0 Å². The molecule has 2 aliphatic rings. The van der Waals surface area contributed by atoms with Crippen molar-refractivity contribution in [2.45, 2.75) is 31.2 Å². The summed E-state index contributed by atoms with van der Waals surface area (Å²) in [6.45, 7) is 3.60. The van der Waals surface area contributed by atoms with Gasteiger partial charge in [0.2, 0.25) is 5.91 Å². The van der Waals surface area contributed by atoms with Crippen LogP contribution in [0.25, 0.3) is 6.08 Å². The maximum Gasteiger partial charge on any atom is 0.265 e. The maximum absolute atomic E-state index is 13.6. The van der Waals surface area contributed by atoms with E-state index in [0.29, 0.717) is 42.9 Å². The Balaban J connectivity index is 1.34. The number of hydrogen-bond donors (Lipinski definition) is 1. The number of anilines is 1. The lowest BCUT2D eigenvalue weighted by atomic mass is 9.96. The summed E-state index contributed by atoms with van der Waals surface area (Å²) < 4.78 is 0. The van der Waals surface area contributed by atoms with E-state index in [9.17, 15) is 14.4 Å². The molecule has 3 amide bonds. The van der Waals surface area contributed by atoms with E-state index in [1.54, 1.807) is 17.0 Å². The Hall–Kier alpha value is -3.84. The molecule has 2 aliphatic heterocycles. The molecule has 3 aromatic rings. The summed E-state index contributed by atoms with van der Waals surface area (Å²) in [5, 5.41) is 0. The highest BCUT2D eigenvalue weighted by atomic mass is 32.2. The second-order valence-electron chi connectivity index (χ2n) is 9.55. The molecule has 1 fully saturated rings. The summed E-state index contributed by atoms with van der Waals surface area (Å²) in [4.78, 5) is 43.2. The molecule has 0 aliphatic carbocycles. The van der Waals surface area contributed by atoms with Crippen LogP contribution in [0.4, 0.5) is 5.69 Å². The number of aryl methyl sites for hydroxylation is 1. The topological polar surface area (TPSA) is 83.7 Å². The molecule has 0 saturated carbocycles. The van der Waals surface area contributed by atoms with E-state index in [-0.39, 0.29) is 23.6 Å². The predicted molar refractivity (Wildman–Crippen MR) is 147 cm³/mol. The number of nitrogens with zero attached hydrogens (tertiary/aromatic N) is 2. The number of nitrogens with two attached hydrogens (primary N) is 1. The maximum atomic E-state index is 13.6. The minimum Gasteiger partial charge on any atom is -0.369 e. The first-order valence-corrected chi connectivity index (χ1v) is 13.3. The lowest BCUT2D eigenvalue weighted by molar-refractivity contribution is -0.123. The second kappa shape index (κ2) is 10.6. The van der Waals surface area contributed by atoms with E-state index < -0.39 is 0 Å². The minimum atomic E-state index is -0.292. The van der Waals surface area contributed by atoms with Gasteiger partial charge in [0.15, 0.2) is 0 Å². The van der Waals surface area contributed by atoms with Crippen LogP contribution in [-0.2, 0) is 16.1 Å². The number of hydrogen-bond acceptors (Lipinski definition) is 4. The lowest BCUT2D eigenvalue weighted by Crippen LogP contribution is -2.41. The Bertz CT molecular complexity index is 1370. The van der Waals surface area contributed by atoms with Crippen molar-refractivity contribution in [2.75, 3.05) is 18.0 Å². The molecule has 3 aromatic carbocycles. The molecule has 0 bridgehead atoms. The van der Waals surface area contributed by atoms with Crippen molar-refractivity contribution >= 4 is 41.2 Å². The van der Waals surface area contributed by atoms with Gasteiger partial charge in [-0.1, -0.05) is 65.9 Å². The van der Waals surface area contributed by atoms with E-state index in [1.807, 2.05) is 72.5 Å². The molecule has 0 aromatic heterocycles. The number of para-hydroxylation sites is 1. The summed E-state index contributed by atoms with van der Waals surface area (Å²) in [7, 11) is 0. The van der Waals surface area contributed by atoms with Crippen LogP contribution in [0.5, 0.6) is 0 Å². The Morgan fingerprint density at radius 1 is 1.00 bits per heavy atom. The number of benzene rings is 3. The molecule has 5 rings (SSSR count). The number of primary amides is 1. The van der Waals surface area contributed by atoms with E-state index in [1.165, 1.54) is 11.8 Å². The van der Waals surface area contributed by atoms with Gasteiger partial charge in [-0.05, 0) is 61.2 Å². The average Bonchev–Trinajstić information content (AvgIpc) is 2.91. The molecule has 188 valence electrons. The molecule has 0 atom stereocenters. The Morgan fingerprint density at radius 3 is 2.43 bits per heavy atom. The molecule has 2 heterocycles. The number of likely N-dealkylation sites (tertiary alicyclic amines) is 1. The summed E-state index contributed by atoms with van der Waals surface area (Å²) in [5.74, 6) is -0.537. The van der Waals surface area contributed by atoms with Gasteiger partial charge in [0, 0.05) is 29.5 Å². The predicted octanol–water partition coefficient (Wildman–Crippen LogP) is 5.01. The van der Waals surface area contributed by atoms with Crippen molar-refractivity contribution in [3.8, 4) is 0 Å². The minimum absolute atomic E-state index is 0.0392. The number of fused-ring (bicyclic) bond motifs is 1. The van der Waals surface area contributed by atoms with Gasteiger partial charge in [-0.25, -0.2) is 0 Å². The van der Waals surface area contributed by atoms with Gasteiger partial charge >= 0.3 is 0 Å². The number of rotatable bonds is 5. The van der Waals surface area contributed by atoms with E-state index in [0.717, 1.165) is 27.3 Å².